The van der Waals surface area contributed by atoms with Crippen LogP contribution in [0.5, 0.6) is 0 Å². The van der Waals surface area contributed by atoms with Crippen LogP contribution >= 0.6 is 0 Å². The smallest absolute Gasteiger partial charge is 0.181 e. The molecule has 1 aliphatic carbocycles. The predicted octanol–water partition coefficient (Wildman–Crippen LogP) is 2.58. The van der Waals surface area contributed by atoms with Crippen LogP contribution in [-0.2, 0) is 6.42 Å². The molecular formula is C14H12N2O. The van der Waals surface area contributed by atoms with Crippen LogP contribution in [0.2, 0.25) is 0 Å². The number of aromatic nitrogens is 2. The van der Waals surface area contributed by atoms with E-state index in [0.29, 0.717) is 17.9 Å². The van der Waals surface area contributed by atoms with E-state index >= 15 is 0 Å². The molecule has 3 nitrogen and oxygen atoms in total. The molecule has 3 heteroatoms. The quantitative estimate of drug-likeness (QED) is 0.747. The van der Waals surface area contributed by atoms with Gasteiger partial charge in [0.1, 0.15) is 5.69 Å². The van der Waals surface area contributed by atoms with Gasteiger partial charge >= 0.3 is 0 Å². The van der Waals surface area contributed by atoms with Crippen molar-refractivity contribution in [2.75, 3.05) is 0 Å². The number of benzene rings is 1. The minimum Gasteiger partial charge on any atom is -0.292 e. The highest BCUT2D eigenvalue weighted by atomic mass is 16.1. The maximum atomic E-state index is 11.6. The Morgan fingerprint density at radius 3 is 2.82 bits per heavy atom. The molecule has 0 spiro atoms. The van der Waals surface area contributed by atoms with E-state index in [1.807, 2.05) is 31.2 Å². The minimum absolute atomic E-state index is 0.136. The first-order valence-electron chi connectivity index (χ1n) is 5.71. The minimum atomic E-state index is 0.136. The molecule has 0 N–H and O–H groups in total. The molecule has 17 heavy (non-hydrogen) atoms. The fourth-order valence-electron chi connectivity index (χ4n) is 2.15. The molecule has 0 fully saturated rings. The third-order valence-corrected chi connectivity index (χ3v) is 3.14. The van der Waals surface area contributed by atoms with Crippen molar-refractivity contribution in [3.63, 3.8) is 0 Å². The number of fused-ring (bicyclic) bond motifs is 1. The van der Waals surface area contributed by atoms with Crippen LogP contribution in [0.4, 0.5) is 0 Å². The Bertz CT molecular complexity index is 605. The standard InChI is InChI=1S/C14H12N2O/c1-9-4-2-3-5-11(9)14-15-8-10-6-7-12(17)13(10)16-14/h2-5,8H,6-7H2,1H3. The van der Waals surface area contributed by atoms with E-state index in [-0.39, 0.29) is 5.78 Å². The average molecular weight is 224 g/mol. The fraction of sp³-hybridized carbons (Fsp3) is 0.214. The van der Waals surface area contributed by atoms with Gasteiger partial charge in [-0.3, -0.25) is 4.79 Å². The molecule has 3 rings (SSSR count). The first kappa shape index (κ1) is 10.1. The SMILES string of the molecule is Cc1ccccc1-c1ncc2c(n1)C(=O)CC2. The Morgan fingerprint density at radius 1 is 1.18 bits per heavy atom. The van der Waals surface area contributed by atoms with Crippen LogP contribution in [0.3, 0.4) is 0 Å². The van der Waals surface area contributed by atoms with Crippen molar-refractivity contribution in [1.82, 2.24) is 9.97 Å². The number of aryl methyl sites for hydroxylation is 2. The van der Waals surface area contributed by atoms with Gasteiger partial charge in [0.25, 0.3) is 0 Å². The number of ketones is 1. The van der Waals surface area contributed by atoms with Crippen LogP contribution in [-0.4, -0.2) is 15.8 Å². The molecule has 2 aromatic rings. The lowest BCUT2D eigenvalue weighted by atomic mass is 10.1. The van der Waals surface area contributed by atoms with Crippen molar-refractivity contribution in [3.8, 4) is 11.4 Å². The predicted molar refractivity (Wildman–Crippen MR) is 64.9 cm³/mol. The van der Waals surface area contributed by atoms with E-state index < -0.39 is 0 Å². The lowest BCUT2D eigenvalue weighted by Gasteiger charge is -2.05. The molecule has 0 radical (unpaired) electrons. The average Bonchev–Trinajstić information content (AvgIpc) is 2.71. The van der Waals surface area contributed by atoms with Gasteiger partial charge in [-0.05, 0) is 18.9 Å². The van der Waals surface area contributed by atoms with E-state index in [0.717, 1.165) is 23.1 Å². The molecule has 84 valence electrons. The number of nitrogens with zero attached hydrogens (tertiary/aromatic N) is 2. The number of Topliss-reactive ketones (excluding diaryl/α,β-unsaturated/α-hetero) is 1. The molecule has 0 saturated carbocycles. The maximum Gasteiger partial charge on any atom is 0.181 e. The van der Waals surface area contributed by atoms with Crippen LogP contribution in [0, 0.1) is 6.92 Å². The van der Waals surface area contributed by atoms with Gasteiger partial charge in [0.2, 0.25) is 0 Å². The lowest BCUT2D eigenvalue weighted by Crippen LogP contribution is -2.00. The van der Waals surface area contributed by atoms with Crippen molar-refractivity contribution >= 4 is 5.78 Å². The Hall–Kier alpha value is -2.03. The highest BCUT2D eigenvalue weighted by Crippen LogP contribution is 2.24. The molecule has 1 aromatic carbocycles. The van der Waals surface area contributed by atoms with Crippen LogP contribution in [0.25, 0.3) is 11.4 Å². The largest absolute Gasteiger partial charge is 0.292 e. The monoisotopic (exact) mass is 224 g/mol. The summed E-state index contributed by atoms with van der Waals surface area (Å²) in [6.45, 7) is 2.02. The number of rotatable bonds is 1. The van der Waals surface area contributed by atoms with Gasteiger partial charge in [0.05, 0.1) is 0 Å². The van der Waals surface area contributed by atoms with Crippen LogP contribution < -0.4 is 0 Å². The molecule has 0 saturated heterocycles. The summed E-state index contributed by atoms with van der Waals surface area (Å²) in [5.74, 6) is 0.786. The molecule has 0 atom stereocenters. The van der Waals surface area contributed by atoms with Crippen molar-refractivity contribution in [1.29, 1.82) is 0 Å². The summed E-state index contributed by atoms with van der Waals surface area (Å²) in [6, 6.07) is 7.95. The van der Waals surface area contributed by atoms with Gasteiger partial charge < -0.3 is 0 Å². The molecule has 1 heterocycles. The van der Waals surface area contributed by atoms with Gasteiger partial charge in [-0.25, -0.2) is 9.97 Å². The second-order valence-electron chi connectivity index (χ2n) is 4.31. The first-order chi connectivity index (χ1) is 8.25. The second kappa shape index (κ2) is 3.77. The number of hydrogen-bond donors (Lipinski definition) is 0. The summed E-state index contributed by atoms with van der Waals surface area (Å²) in [4.78, 5) is 20.4. The topological polar surface area (TPSA) is 42.9 Å². The van der Waals surface area contributed by atoms with E-state index in [1.165, 1.54) is 0 Å². The van der Waals surface area contributed by atoms with E-state index in [4.69, 9.17) is 0 Å². The van der Waals surface area contributed by atoms with Gasteiger partial charge in [0.15, 0.2) is 11.6 Å². The van der Waals surface area contributed by atoms with Crippen molar-refractivity contribution < 1.29 is 4.79 Å². The third kappa shape index (κ3) is 1.64. The summed E-state index contributed by atoms with van der Waals surface area (Å²) in [5, 5.41) is 0. The lowest BCUT2D eigenvalue weighted by molar-refractivity contribution is 0.0990. The normalized spacial score (nSPS) is 13.8. The van der Waals surface area contributed by atoms with Crippen LogP contribution in [0.1, 0.15) is 28.0 Å². The highest BCUT2D eigenvalue weighted by molar-refractivity contribution is 5.98. The number of hydrogen-bond acceptors (Lipinski definition) is 3. The molecule has 0 unspecified atom stereocenters. The van der Waals surface area contributed by atoms with Gasteiger partial charge in [-0.1, -0.05) is 24.3 Å². The molecule has 0 amide bonds. The molecule has 0 bridgehead atoms. The second-order valence-corrected chi connectivity index (χ2v) is 4.31. The zero-order valence-corrected chi connectivity index (χ0v) is 9.60. The maximum absolute atomic E-state index is 11.6. The molecule has 1 aromatic heterocycles. The zero-order valence-electron chi connectivity index (χ0n) is 9.60. The van der Waals surface area contributed by atoms with Gasteiger partial charge in [0, 0.05) is 23.7 Å². The first-order valence-corrected chi connectivity index (χ1v) is 5.71. The highest BCUT2D eigenvalue weighted by Gasteiger charge is 2.22. The Kier molecular flexibility index (Phi) is 2.25. The van der Waals surface area contributed by atoms with E-state index in [2.05, 4.69) is 9.97 Å². The van der Waals surface area contributed by atoms with Crippen molar-refractivity contribution in [2.24, 2.45) is 0 Å². The fourth-order valence-corrected chi connectivity index (χ4v) is 2.15. The summed E-state index contributed by atoms with van der Waals surface area (Å²) >= 11 is 0. The van der Waals surface area contributed by atoms with Crippen molar-refractivity contribution in [2.45, 2.75) is 19.8 Å². The summed E-state index contributed by atoms with van der Waals surface area (Å²) in [7, 11) is 0. The zero-order chi connectivity index (χ0) is 11.8. The van der Waals surface area contributed by atoms with Gasteiger partial charge in [-0.15, -0.1) is 0 Å². The van der Waals surface area contributed by atoms with E-state index in [9.17, 15) is 4.79 Å². The molecule has 1 aliphatic rings. The van der Waals surface area contributed by atoms with E-state index in [1.54, 1.807) is 6.20 Å². The molecular weight excluding hydrogens is 212 g/mol. The third-order valence-electron chi connectivity index (χ3n) is 3.14. The number of carbonyl (C=O) groups is 1. The van der Waals surface area contributed by atoms with Crippen molar-refractivity contribution in [3.05, 3.63) is 47.3 Å². The Balaban J connectivity index is 2.15. The summed E-state index contributed by atoms with van der Waals surface area (Å²) in [6.07, 6.45) is 3.14. The van der Waals surface area contributed by atoms with Crippen LogP contribution in [0.15, 0.2) is 30.5 Å². The van der Waals surface area contributed by atoms with Gasteiger partial charge in [-0.2, -0.15) is 0 Å². The Morgan fingerprint density at radius 2 is 2.00 bits per heavy atom. The molecule has 0 aliphatic heterocycles. The summed E-state index contributed by atoms with van der Waals surface area (Å²) < 4.78 is 0. The summed E-state index contributed by atoms with van der Waals surface area (Å²) in [5.41, 5.74) is 3.71. The Labute approximate surface area is 99.5 Å². The number of carbonyl (C=O) groups excluding carboxylic acids is 1.